The van der Waals surface area contributed by atoms with Crippen LogP contribution in [0.4, 0.5) is 0 Å². The van der Waals surface area contributed by atoms with Gasteiger partial charge < -0.3 is 4.57 Å². The van der Waals surface area contributed by atoms with Crippen molar-refractivity contribution in [1.82, 2.24) is 14.1 Å². The molecule has 4 aromatic heterocycles. The maximum atomic E-state index is 5.23. The van der Waals surface area contributed by atoms with E-state index in [-0.39, 0.29) is 5.92 Å². The Kier molecular flexibility index (Phi) is 6.25. The fourth-order valence-corrected chi connectivity index (χ4v) is 9.61. The fourth-order valence-electron chi connectivity index (χ4n) is 8.38. The summed E-state index contributed by atoms with van der Waals surface area (Å²) < 4.78 is 7.39. The number of benzene rings is 6. The summed E-state index contributed by atoms with van der Waals surface area (Å²) in [5.74, 6) is 0.250. The van der Waals surface area contributed by atoms with Crippen LogP contribution in [0.15, 0.2) is 170 Å². The monoisotopic (exact) mass is 669 g/mol. The van der Waals surface area contributed by atoms with Crippen molar-refractivity contribution in [1.29, 1.82) is 0 Å². The van der Waals surface area contributed by atoms with Gasteiger partial charge in [0.05, 0.1) is 28.4 Å². The number of hydrogen-bond donors (Lipinski definition) is 0. The van der Waals surface area contributed by atoms with Crippen LogP contribution in [0.2, 0.25) is 0 Å². The molecule has 4 heteroatoms. The average molecular weight is 670 g/mol. The standard InChI is InChI=1S/C47H31N3S/c1-5-22-42-36(16-1)37-17-2-6-23-43(37)49(42)34-28-41-38-18-3-7-24-44(38)50(47(41)48-29-34)33-15-10-13-31(27-33)30-12-9-14-32(26-30)35-20-11-21-40-39-19-4-8-25-45(39)51-46(35)40/h1-12,14-29,31H,13H2. The number of hydrogen-bond acceptors (Lipinski definition) is 2. The largest absolute Gasteiger partial charge is 0.308 e. The van der Waals surface area contributed by atoms with Gasteiger partial charge in [-0.25, -0.2) is 4.98 Å². The lowest BCUT2D eigenvalue weighted by Crippen LogP contribution is -2.04. The minimum absolute atomic E-state index is 0.250. The van der Waals surface area contributed by atoms with Gasteiger partial charge in [-0.05, 0) is 59.5 Å². The summed E-state index contributed by atoms with van der Waals surface area (Å²) in [6, 6.07) is 53.0. The van der Waals surface area contributed by atoms with E-state index >= 15 is 0 Å². The van der Waals surface area contributed by atoms with Crippen molar-refractivity contribution in [2.24, 2.45) is 0 Å². The van der Waals surface area contributed by atoms with E-state index in [1.165, 1.54) is 69.6 Å². The quantitative estimate of drug-likeness (QED) is 0.183. The highest BCUT2D eigenvalue weighted by Crippen LogP contribution is 2.42. The Labute approximate surface area is 298 Å². The maximum Gasteiger partial charge on any atom is 0.145 e. The van der Waals surface area contributed by atoms with Crippen LogP contribution in [0.3, 0.4) is 0 Å². The SMILES string of the molecule is C1=CC(n2c3ccccc3c3cc(-n4c5ccccc5c5ccccc54)cnc32)=CC(c2cccc(-c3cccc4c3sc3ccccc34)c2)C1. The van der Waals surface area contributed by atoms with Crippen molar-refractivity contribution in [3.05, 3.63) is 176 Å². The lowest BCUT2D eigenvalue weighted by molar-refractivity contribution is 0.849. The first-order valence-corrected chi connectivity index (χ1v) is 18.4. The predicted molar refractivity (Wildman–Crippen MR) is 217 cm³/mol. The van der Waals surface area contributed by atoms with Crippen LogP contribution in [-0.4, -0.2) is 14.1 Å². The highest BCUT2D eigenvalue weighted by atomic mass is 32.1. The number of para-hydroxylation sites is 3. The second-order valence-electron chi connectivity index (χ2n) is 13.5. The molecule has 240 valence electrons. The van der Waals surface area contributed by atoms with E-state index in [1.54, 1.807) is 0 Å². The van der Waals surface area contributed by atoms with Crippen LogP contribution >= 0.6 is 11.3 Å². The van der Waals surface area contributed by atoms with E-state index in [9.17, 15) is 0 Å². The summed E-state index contributed by atoms with van der Waals surface area (Å²) in [6.45, 7) is 0. The molecular formula is C47H31N3S. The molecule has 3 nitrogen and oxygen atoms in total. The first-order valence-electron chi connectivity index (χ1n) is 17.6. The molecule has 51 heavy (non-hydrogen) atoms. The second-order valence-corrected chi connectivity index (χ2v) is 14.6. The molecule has 4 heterocycles. The van der Waals surface area contributed by atoms with Gasteiger partial charge in [-0.15, -0.1) is 11.3 Å². The lowest BCUT2D eigenvalue weighted by atomic mass is 9.89. The first-order chi connectivity index (χ1) is 25.3. The molecular weight excluding hydrogens is 639 g/mol. The molecule has 0 radical (unpaired) electrons. The van der Waals surface area contributed by atoms with Crippen LogP contribution in [0.1, 0.15) is 17.9 Å². The van der Waals surface area contributed by atoms with Gasteiger partial charge in [-0.3, -0.25) is 4.57 Å². The number of pyridine rings is 1. The van der Waals surface area contributed by atoms with Gasteiger partial charge in [0.2, 0.25) is 0 Å². The second kappa shape index (κ2) is 11.1. The molecule has 1 unspecified atom stereocenters. The zero-order valence-electron chi connectivity index (χ0n) is 27.7. The highest BCUT2D eigenvalue weighted by Gasteiger charge is 2.21. The zero-order chi connectivity index (χ0) is 33.5. The highest BCUT2D eigenvalue weighted by molar-refractivity contribution is 7.26. The van der Waals surface area contributed by atoms with Crippen molar-refractivity contribution in [2.75, 3.05) is 0 Å². The molecule has 0 fully saturated rings. The van der Waals surface area contributed by atoms with E-state index in [0.717, 1.165) is 28.8 Å². The summed E-state index contributed by atoms with van der Waals surface area (Å²) >= 11 is 1.89. The van der Waals surface area contributed by atoms with Crippen LogP contribution in [0, 0.1) is 0 Å². The first kappa shape index (κ1) is 28.6. The lowest BCUT2D eigenvalue weighted by Gasteiger charge is -2.20. The van der Waals surface area contributed by atoms with Gasteiger partial charge in [0.1, 0.15) is 5.65 Å². The Balaban J connectivity index is 1.04. The Bertz CT molecular complexity index is 3020. The summed E-state index contributed by atoms with van der Waals surface area (Å²) in [5.41, 5.74) is 10.6. The Morgan fingerprint density at radius 1 is 0.569 bits per heavy atom. The molecule has 0 amide bonds. The molecule has 0 saturated heterocycles. The number of allylic oxidation sites excluding steroid dienone is 4. The number of thiophene rings is 1. The molecule has 6 aromatic carbocycles. The van der Waals surface area contributed by atoms with Crippen molar-refractivity contribution in [3.63, 3.8) is 0 Å². The Morgan fingerprint density at radius 3 is 2.00 bits per heavy atom. The van der Waals surface area contributed by atoms with Gasteiger partial charge in [0, 0.05) is 53.3 Å². The van der Waals surface area contributed by atoms with Gasteiger partial charge in [0.25, 0.3) is 0 Å². The Morgan fingerprint density at radius 2 is 1.22 bits per heavy atom. The summed E-state index contributed by atoms with van der Waals surface area (Å²) in [4.78, 5) is 5.23. The molecule has 1 aliphatic carbocycles. The molecule has 0 saturated carbocycles. The molecule has 1 atom stereocenters. The van der Waals surface area contributed by atoms with Crippen LogP contribution in [-0.2, 0) is 0 Å². The Hall–Kier alpha value is -6.23. The van der Waals surface area contributed by atoms with E-state index in [4.69, 9.17) is 4.98 Å². The molecule has 0 bridgehead atoms. The molecule has 10 aromatic rings. The van der Waals surface area contributed by atoms with Gasteiger partial charge >= 0.3 is 0 Å². The maximum absolute atomic E-state index is 5.23. The third-order valence-electron chi connectivity index (χ3n) is 10.7. The van der Waals surface area contributed by atoms with Crippen molar-refractivity contribution < 1.29 is 0 Å². The summed E-state index contributed by atoms with van der Waals surface area (Å²) in [7, 11) is 0. The molecule has 1 aliphatic rings. The van der Waals surface area contributed by atoms with E-state index in [1.807, 2.05) is 17.5 Å². The van der Waals surface area contributed by atoms with Gasteiger partial charge in [-0.1, -0.05) is 127 Å². The zero-order valence-corrected chi connectivity index (χ0v) is 28.5. The van der Waals surface area contributed by atoms with E-state index < -0.39 is 0 Å². The predicted octanol–water partition coefficient (Wildman–Crippen LogP) is 12.9. The van der Waals surface area contributed by atoms with Crippen molar-refractivity contribution >= 4 is 80.9 Å². The molecule has 0 spiro atoms. The average Bonchev–Trinajstić information content (AvgIpc) is 3.86. The normalized spacial score (nSPS) is 14.8. The topological polar surface area (TPSA) is 22.8 Å². The molecule has 0 N–H and O–H groups in total. The fraction of sp³-hybridized carbons (Fsp3) is 0.0426. The number of rotatable bonds is 4. The minimum atomic E-state index is 0.250. The van der Waals surface area contributed by atoms with Gasteiger partial charge in [-0.2, -0.15) is 0 Å². The van der Waals surface area contributed by atoms with Crippen molar-refractivity contribution in [2.45, 2.75) is 12.3 Å². The number of aromatic nitrogens is 3. The van der Waals surface area contributed by atoms with Crippen LogP contribution in [0.5, 0.6) is 0 Å². The van der Waals surface area contributed by atoms with Gasteiger partial charge in [0.15, 0.2) is 0 Å². The van der Waals surface area contributed by atoms with E-state index in [2.05, 4.69) is 173 Å². The van der Waals surface area contributed by atoms with Crippen LogP contribution in [0.25, 0.3) is 86.4 Å². The van der Waals surface area contributed by atoms with E-state index in [0.29, 0.717) is 0 Å². The third kappa shape index (κ3) is 4.33. The smallest absolute Gasteiger partial charge is 0.145 e. The van der Waals surface area contributed by atoms with Crippen molar-refractivity contribution in [3.8, 4) is 16.8 Å². The molecule has 0 aliphatic heterocycles. The molecule has 11 rings (SSSR count). The summed E-state index contributed by atoms with van der Waals surface area (Å²) in [6.07, 6.45) is 10.0. The summed E-state index contributed by atoms with van der Waals surface area (Å²) in [5, 5.41) is 7.54. The number of fused-ring (bicyclic) bond motifs is 9. The third-order valence-corrected chi connectivity index (χ3v) is 11.9. The minimum Gasteiger partial charge on any atom is -0.308 e. The van der Waals surface area contributed by atoms with Crippen LogP contribution < -0.4 is 0 Å². The number of nitrogens with zero attached hydrogens (tertiary/aromatic N) is 3.